The molecular weight excluding hydrogens is 552 g/mol. The van der Waals surface area contributed by atoms with Gasteiger partial charge in [-0.1, -0.05) is 40.5 Å². The Kier molecular flexibility index (Phi) is 7.70. The van der Waals surface area contributed by atoms with Crippen molar-refractivity contribution in [3.8, 4) is 0 Å². The maximum absolute atomic E-state index is 13.4. The van der Waals surface area contributed by atoms with Crippen molar-refractivity contribution in [3.05, 3.63) is 0 Å². The first-order valence-electron chi connectivity index (χ1n) is 19.2. The van der Waals surface area contributed by atoms with Crippen LogP contribution in [0.25, 0.3) is 0 Å². The maximum atomic E-state index is 13.4. The lowest BCUT2D eigenvalue weighted by molar-refractivity contribution is -0.111. The van der Waals surface area contributed by atoms with Crippen molar-refractivity contribution >= 4 is 10.4 Å². The predicted octanol–water partition coefficient (Wildman–Crippen LogP) is 9.58. The van der Waals surface area contributed by atoms with Gasteiger partial charge in [0, 0.05) is 0 Å². The minimum Gasteiger partial charge on any atom is -0.245 e. The molecule has 8 rings (SSSR count). The van der Waals surface area contributed by atoms with Crippen LogP contribution in [0.3, 0.4) is 0 Å². The molecule has 0 amide bonds. The van der Waals surface area contributed by atoms with E-state index in [1.54, 1.807) is 0 Å². The Balaban J connectivity index is 0.870. The van der Waals surface area contributed by atoms with Crippen molar-refractivity contribution < 1.29 is 16.8 Å². The highest BCUT2D eigenvalue weighted by Gasteiger charge is 2.58. The fraction of sp³-hybridized carbons (Fsp3) is 1.00. The second kappa shape index (κ2) is 11.0. The molecule has 8 saturated carbocycles. The van der Waals surface area contributed by atoms with E-state index in [4.69, 9.17) is 8.37 Å². The predicted molar refractivity (Wildman–Crippen MR) is 171 cm³/mol. The molecule has 8 aliphatic rings. The van der Waals surface area contributed by atoms with E-state index < -0.39 is 10.4 Å². The highest BCUT2D eigenvalue weighted by Crippen LogP contribution is 2.65. The van der Waals surface area contributed by atoms with E-state index in [-0.39, 0.29) is 12.2 Å². The summed E-state index contributed by atoms with van der Waals surface area (Å²) < 4.78 is 38.6. The molecular formula is C38H62O4S. The average Bonchev–Trinajstić information content (AvgIpc) is 3.55. The van der Waals surface area contributed by atoms with E-state index in [1.165, 1.54) is 77.0 Å². The summed E-state index contributed by atoms with van der Waals surface area (Å²) in [5.74, 6) is 10.4. The topological polar surface area (TPSA) is 52.6 Å². The van der Waals surface area contributed by atoms with Gasteiger partial charge in [0.15, 0.2) is 0 Å². The van der Waals surface area contributed by atoms with E-state index in [9.17, 15) is 8.42 Å². The van der Waals surface area contributed by atoms with Gasteiger partial charge in [0.25, 0.3) is 0 Å². The Labute approximate surface area is 263 Å². The van der Waals surface area contributed by atoms with Crippen LogP contribution < -0.4 is 0 Å². The Morgan fingerprint density at radius 1 is 0.488 bits per heavy atom. The van der Waals surface area contributed by atoms with E-state index in [0.29, 0.717) is 22.7 Å². The number of hydrogen-bond donors (Lipinski definition) is 0. The Morgan fingerprint density at radius 3 is 1.33 bits per heavy atom. The van der Waals surface area contributed by atoms with Crippen LogP contribution in [0.4, 0.5) is 0 Å². The monoisotopic (exact) mass is 614 g/mol. The first-order valence-corrected chi connectivity index (χ1v) is 20.5. The smallest absolute Gasteiger partial charge is 0.245 e. The minimum atomic E-state index is -3.98. The highest BCUT2D eigenvalue weighted by molar-refractivity contribution is 7.81. The van der Waals surface area contributed by atoms with E-state index in [1.807, 2.05) is 0 Å². The third-order valence-electron chi connectivity index (χ3n) is 17.1. The van der Waals surface area contributed by atoms with Crippen LogP contribution in [-0.4, -0.2) is 20.6 Å². The van der Waals surface area contributed by atoms with Crippen molar-refractivity contribution in [2.45, 2.75) is 155 Å². The van der Waals surface area contributed by atoms with E-state index in [0.717, 1.165) is 97.7 Å². The summed E-state index contributed by atoms with van der Waals surface area (Å²) in [5.41, 5.74) is 0.735. The Morgan fingerprint density at radius 2 is 0.884 bits per heavy atom. The Bertz CT molecular complexity index is 1070. The van der Waals surface area contributed by atoms with Crippen LogP contribution in [0.15, 0.2) is 0 Å². The first-order chi connectivity index (χ1) is 20.6. The molecule has 0 heterocycles. The lowest BCUT2D eigenvalue weighted by Crippen LogP contribution is -2.52. The molecule has 0 saturated heterocycles. The molecule has 16 atom stereocenters. The second-order valence-corrected chi connectivity index (χ2v) is 19.6. The molecule has 244 valence electrons. The highest BCUT2D eigenvalue weighted by atomic mass is 32.3. The van der Waals surface area contributed by atoms with Crippen molar-refractivity contribution in [3.63, 3.8) is 0 Å². The SMILES string of the molecule is C[C@H]1CC[C@@H]2[C@H]1CC[C@H]1[C@@H]2CC[C@@H]2C[C@H](OS(=O)(=O)O[C@@H]3CC[C@@]4(C)[C@H](CC[C@@H]5[C@@H]6CC[C@H](C)[C@@H]6CC[C@@H]54)C3)CC[C@@]21C. The summed E-state index contributed by atoms with van der Waals surface area (Å²) in [5, 5.41) is 0. The van der Waals surface area contributed by atoms with Gasteiger partial charge in [-0.05, 0) is 185 Å². The molecule has 43 heavy (non-hydrogen) atoms. The summed E-state index contributed by atoms with van der Waals surface area (Å²) in [7, 11) is -3.98. The van der Waals surface area contributed by atoms with Gasteiger partial charge in [0.1, 0.15) is 0 Å². The number of rotatable bonds is 4. The van der Waals surface area contributed by atoms with Crippen LogP contribution >= 0.6 is 0 Å². The third kappa shape index (κ3) is 4.96. The van der Waals surface area contributed by atoms with Crippen LogP contribution in [0.5, 0.6) is 0 Å². The van der Waals surface area contributed by atoms with Gasteiger partial charge in [0.05, 0.1) is 12.2 Å². The van der Waals surface area contributed by atoms with Gasteiger partial charge in [-0.25, -0.2) is 8.37 Å². The molecule has 0 radical (unpaired) electrons. The zero-order valence-corrected chi connectivity index (χ0v) is 28.7. The molecule has 4 nitrogen and oxygen atoms in total. The maximum Gasteiger partial charge on any atom is 0.400 e. The Hall–Kier alpha value is -0.130. The summed E-state index contributed by atoms with van der Waals surface area (Å²) in [6, 6.07) is 0. The third-order valence-corrected chi connectivity index (χ3v) is 18.1. The fourth-order valence-corrected chi connectivity index (χ4v) is 15.9. The van der Waals surface area contributed by atoms with E-state index in [2.05, 4.69) is 27.7 Å². The number of hydrogen-bond acceptors (Lipinski definition) is 4. The summed E-state index contributed by atoms with van der Waals surface area (Å²) in [6.07, 6.45) is 22.1. The van der Waals surface area contributed by atoms with Gasteiger partial charge < -0.3 is 0 Å². The van der Waals surface area contributed by atoms with Crippen molar-refractivity contribution in [2.24, 2.45) is 81.8 Å². The zero-order chi connectivity index (χ0) is 29.7. The lowest BCUT2D eigenvalue weighted by atomic mass is 9.47. The van der Waals surface area contributed by atoms with Crippen LogP contribution in [0, 0.1) is 81.8 Å². The molecule has 0 aromatic rings. The quantitative estimate of drug-likeness (QED) is 0.316. The van der Waals surface area contributed by atoms with Crippen molar-refractivity contribution in [2.75, 3.05) is 0 Å². The van der Waals surface area contributed by atoms with Crippen molar-refractivity contribution in [1.82, 2.24) is 0 Å². The summed E-state index contributed by atoms with van der Waals surface area (Å²) in [4.78, 5) is 0. The molecule has 8 aliphatic carbocycles. The normalized spacial score (nSPS) is 56.2. The molecule has 0 aromatic heterocycles. The van der Waals surface area contributed by atoms with Gasteiger partial charge in [-0.2, -0.15) is 8.42 Å². The number of fused-ring (bicyclic) bond motifs is 10. The average molecular weight is 615 g/mol. The molecule has 0 bridgehead atoms. The van der Waals surface area contributed by atoms with Gasteiger partial charge in [0.2, 0.25) is 0 Å². The summed E-state index contributed by atoms with van der Waals surface area (Å²) >= 11 is 0. The van der Waals surface area contributed by atoms with Gasteiger partial charge in [-0.3, -0.25) is 0 Å². The molecule has 0 unspecified atom stereocenters. The van der Waals surface area contributed by atoms with Gasteiger partial charge >= 0.3 is 10.4 Å². The molecule has 0 aromatic carbocycles. The lowest BCUT2D eigenvalue weighted by Gasteiger charge is -2.59. The van der Waals surface area contributed by atoms with Crippen molar-refractivity contribution in [1.29, 1.82) is 0 Å². The standard InChI is InChI=1S/C38H62O4S/c1-23-5-9-31-29(23)13-15-35-33(31)11-7-25-21-27(17-19-37(25,35)3)41-43(39,40)42-28-18-20-38(4)26(22-28)8-12-34-32-10-6-24(2)30(32)14-16-36(34)38/h23-36H,5-22H2,1-4H3/t23-,24-,25+,26+,27+,28+,29-,30-,31+,32+,33+,34+,35-,36-,37-,38-/m0/s1. The molecule has 5 heteroatoms. The molecule has 0 spiro atoms. The molecule has 0 aliphatic heterocycles. The van der Waals surface area contributed by atoms with E-state index >= 15 is 0 Å². The first kappa shape index (κ1) is 30.2. The minimum absolute atomic E-state index is 0.198. The van der Waals surface area contributed by atoms with Crippen LogP contribution in [-0.2, 0) is 18.8 Å². The fourth-order valence-electron chi connectivity index (χ4n) is 14.9. The molecule has 0 N–H and O–H groups in total. The van der Waals surface area contributed by atoms with Gasteiger partial charge in [-0.15, -0.1) is 0 Å². The summed E-state index contributed by atoms with van der Waals surface area (Å²) in [6.45, 7) is 10.1. The zero-order valence-electron chi connectivity index (χ0n) is 27.9. The second-order valence-electron chi connectivity index (χ2n) is 18.4. The van der Waals surface area contributed by atoms with Crippen LogP contribution in [0.2, 0.25) is 0 Å². The molecule has 8 fully saturated rings. The largest absolute Gasteiger partial charge is 0.400 e. The van der Waals surface area contributed by atoms with Crippen LogP contribution in [0.1, 0.15) is 143 Å².